The molecule has 1 aromatic rings. The molecule has 2 nitrogen and oxygen atoms in total. The van der Waals surface area contributed by atoms with E-state index in [1.54, 1.807) is 7.05 Å². The van der Waals surface area contributed by atoms with E-state index in [0.717, 1.165) is 31.4 Å². The van der Waals surface area contributed by atoms with Crippen LogP contribution in [-0.2, 0) is 26.1 Å². The van der Waals surface area contributed by atoms with Gasteiger partial charge in [0.1, 0.15) is 0 Å². The fraction of sp³-hybridized carbons (Fsp3) is 0.700. The monoisotopic (exact) mass is 218 g/mol. The highest BCUT2D eigenvalue weighted by Crippen LogP contribution is 2.34. The number of hydrogen-bond acceptors (Lipinski definition) is 1. The van der Waals surface area contributed by atoms with Gasteiger partial charge in [0.25, 0.3) is 0 Å². The summed E-state index contributed by atoms with van der Waals surface area (Å²) < 4.78 is 39.3. The van der Waals surface area contributed by atoms with Crippen LogP contribution in [-0.4, -0.2) is 9.78 Å². The molecule has 1 aliphatic rings. The van der Waals surface area contributed by atoms with Gasteiger partial charge < -0.3 is 0 Å². The summed E-state index contributed by atoms with van der Waals surface area (Å²) in [6.07, 6.45) is -0.278. The second-order valence-corrected chi connectivity index (χ2v) is 3.96. The Morgan fingerprint density at radius 2 is 1.80 bits per heavy atom. The standard InChI is InChI=1S/C10H13F3N2/c1-15-8-6-4-2-3-5-7(8)9(14-15)10(11,12)13/h2-6H2,1H3. The van der Waals surface area contributed by atoms with Gasteiger partial charge in [-0.15, -0.1) is 0 Å². The molecule has 0 N–H and O–H groups in total. The summed E-state index contributed by atoms with van der Waals surface area (Å²) in [5, 5.41) is 3.60. The summed E-state index contributed by atoms with van der Waals surface area (Å²) in [7, 11) is 1.60. The number of alkyl halides is 3. The summed E-state index contributed by atoms with van der Waals surface area (Å²) in [6, 6.07) is 0. The lowest BCUT2D eigenvalue weighted by atomic mass is 10.1. The summed E-state index contributed by atoms with van der Waals surface area (Å²) in [5.74, 6) is 0. The van der Waals surface area contributed by atoms with E-state index in [9.17, 15) is 13.2 Å². The van der Waals surface area contributed by atoms with Crippen LogP contribution in [0.3, 0.4) is 0 Å². The molecule has 2 rings (SSSR count). The summed E-state index contributed by atoms with van der Waals surface area (Å²) in [6.45, 7) is 0. The Bertz CT molecular complexity index is 365. The predicted octanol–water partition coefficient (Wildman–Crippen LogP) is 2.71. The second kappa shape index (κ2) is 3.54. The van der Waals surface area contributed by atoms with Gasteiger partial charge >= 0.3 is 6.18 Å². The third kappa shape index (κ3) is 1.87. The van der Waals surface area contributed by atoms with Crippen molar-refractivity contribution in [2.45, 2.75) is 38.3 Å². The normalized spacial score (nSPS) is 17.3. The maximum absolute atomic E-state index is 12.6. The fourth-order valence-electron chi connectivity index (χ4n) is 2.18. The van der Waals surface area contributed by atoms with Crippen LogP contribution in [0.25, 0.3) is 0 Å². The first-order valence-electron chi connectivity index (χ1n) is 5.12. The van der Waals surface area contributed by atoms with Gasteiger partial charge in [0.05, 0.1) is 0 Å². The van der Waals surface area contributed by atoms with Crippen LogP contribution < -0.4 is 0 Å². The topological polar surface area (TPSA) is 17.8 Å². The third-order valence-corrected chi connectivity index (χ3v) is 2.88. The van der Waals surface area contributed by atoms with Crippen molar-refractivity contribution in [2.75, 3.05) is 0 Å². The van der Waals surface area contributed by atoms with Crippen molar-refractivity contribution in [1.82, 2.24) is 9.78 Å². The Balaban J connectivity index is 2.49. The zero-order valence-corrected chi connectivity index (χ0v) is 8.56. The Kier molecular flexibility index (Phi) is 2.48. The molecule has 1 aromatic heterocycles. The maximum Gasteiger partial charge on any atom is 0.435 e. The van der Waals surface area contributed by atoms with E-state index in [-0.39, 0.29) is 0 Å². The average Bonchev–Trinajstić information content (AvgIpc) is 2.37. The van der Waals surface area contributed by atoms with E-state index >= 15 is 0 Å². The van der Waals surface area contributed by atoms with Crippen molar-refractivity contribution in [3.05, 3.63) is 17.0 Å². The molecular formula is C10H13F3N2. The van der Waals surface area contributed by atoms with Gasteiger partial charge in [-0.2, -0.15) is 18.3 Å². The van der Waals surface area contributed by atoms with Crippen LogP contribution >= 0.6 is 0 Å². The molecule has 0 bridgehead atoms. The van der Waals surface area contributed by atoms with Crippen LogP contribution in [0.5, 0.6) is 0 Å². The maximum atomic E-state index is 12.6. The van der Waals surface area contributed by atoms with Crippen molar-refractivity contribution in [3.63, 3.8) is 0 Å². The van der Waals surface area contributed by atoms with Crippen molar-refractivity contribution in [3.8, 4) is 0 Å². The fourth-order valence-corrected chi connectivity index (χ4v) is 2.18. The molecule has 0 spiro atoms. The van der Waals surface area contributed by atoms with E-state index in [1.165, 1.54) is 4.68 Å². The minimum atomic E-state index is -4.31. The highest BCUT2D eigenvalue weighted by molar-refractivity contribution is 5.29. The number of halogens is 3. The number of aromatic nitrogens is 2. The first kappa shape index (κ1) is 10.5. The minimum absolute atomic E-state index is 0.419. The lowest BCUT2D eigenvalue weighted by Gasteiger charge is -2.05. The minimum Gasteiger partial charge on any atom is -0.272 e. The molecule has 0 radical (unpaired) electrons. The van der Waals surface area contributed by atoms with E-state index in [0.29, 0.717) is 12.0 Å². The van der Waals surface area contributed by atoms with E-state index < -0.39 is 11.9 Å². The van der Waals surface area contributed by atoms with Gasteiger partial charge in [-0.3, -0.25) is 4.68 Å². The Hall–Kier alpha value is -1.00. The molecule has 0 aliphatic heterocycles. The van der Waals surface area contributed by atoms with Crippen LogP contribution in [0.1, 0.15) is 36.2 Å². The SMILES string of the molecule is Cn1nc(C(F)(F)F)c2c1CCCCC2. The molecule has 1 aliphatic carbocycles. The van der Waals surface area contributed by atoms with Gasteiger partial charge in [0, 0.05) is 18.3 Å². The lowest BCUT2D eigenvalue weighted by Crippen LogP contribution is -2.09. The first-order valence-corrected chi connectivity index (χ1v) is 5.12. The molecule has 0 amide bonds. The molecule has 5 heteroatoms. The van der Waals surface area contributed by atoms with Crippen LogP contribution in [0.2, 0.25) is 0 Å². The van der Waals surface area contributed by atoms with Gasteiger partial charge in [-0.05, 0) is 25.7 Å². The highest BCUT2D eigenvalue weighted by atomic mass is 19.4. The smallest absolute Gasteiger partial charge is 0.272 e. The predicted molar refractivity (Wildman–Crippen MR) is 49.5 cm³/mol. The van der Waals surface area contributed by atoms with Crippen molar-refractivity contribution in [1.29, 1.82) is 0 Å². The van der Waals surface area contributed by atoms with E-state index in [1.807, 2.05) is 0 Å². The van der Waals surface area contributed by atoms with E-state index in [2.05, 4.69) is 5.10 Å². The number of nitrogens with zero attached hydrogens (tertiary/aromatic N) is 2. The van der Waals surface area contributed by atoms with Crippen LogP contribution in [0, 0.1) is 0 Å². The zero-order chi connectivity index (χ0) is 11.1. The average molecular weight is 218 g/mol. The van der Waals surface area contributed by atoms with E-state index in [4.69, 9.17) is 0 Å². The molecular weight excluding hydrogens is 205 g/mol. The van der Waals surface area contributed by atoms with Gasteiger partial charge in [-0.25, -0.2) is 0 Å². The van der Waals surface area contributed by atoms with Crippen molar-refractivity contribution in [2.24, 2.45) is 7.05 Å². The van der Waals surface area contributed by atoms with Gasteiger partial charge in [0.2, 0.25) is 0 Å². The van der Waals surface area contributed by atoms with Crippen LogP contribution in [0.15, 0.2) is 0 Å². The summed E-state index contributed by atoms with van der Waals surface area (Å²) >= 11 is 0. The number of fused-ring (bicyclic) bond motifs is 1. The molecule has 0 saturated carbocycles. The molecule has 15 heavy (non-hydrogen) atoms. The second-order valence-electron chi connectivity index (χ2n) is 3.96. The molecule has 0 saturated heterocycles. The largest absolute Gasteiger partial charge is 0.435 e. The molecule has 1 heterocycles. The quantitative estimate of drug-likeness (QED) is 0.612. The summed E-state index contributed by atoms with van der Waals surface area (Å²) in [5.41, 5.74) is 0.504. The van der Waals surface area contributed by atoms with Crippen molar-refractivity contribution >= 4 is 0 Å². The zero-order valence-electron chi connectivity index (χ0n) is 8.56. The first-order chi connectivity index (χ1) is 7.00. The Labute approximate surface area is 86.1 Å². The van der Waals surface area contributed by atoms with Gasteiger partial charge in [-0.1, -0.05) is 6.42 Å². The molecule has 0 unspecified atom stereocenters. The molecule has 0 fully saturated rings. The lowest BCUT2D eigenvalue weighted by molar-refractivity contribution is -0.142. The number of hydrogen-bond donors (Lipinski definition) is 0. The highest BCUT2D eigenvalue weighted by Gasteiger charge is 2.38. The number of aryl methyl sites for hydroxylation is 1. The van der Waals surface area contributed by atoms with Gasteiger partial charge in [0.15, 0.2) is 5.69 Å². The molecule has 0 aromatic carbocycles. The third-order valence-electron chi connectivity index (χ3n) is 2.88. The van der Waals surface area contributed by atoms with Crippen molar-refractivity contribution < 1.29 is 13.2 Å². The summed E-state index contributed by atoms with van der Waals surface area (Å²) in [4.78, 5) is 0. The number of rotatable bonds is 0. The van der Waals surface area contributed by atoms with Crippen LogP contribution in [0.4, 0.5) is 13.2 Å². The Morgan fingerprint density at radius 3 is 2.47 bits per heavy atom. The molecule has 84 valence electrons. The molecule has 0 atom stereocenters. The Morgan fingerprint density at radius 1 is 1.13 bits per heavy atom.